The number of nitrogens with two attached hydrogens (primary N) is 2. The summed E-state index contributed by atoms with van der Waals surface area (Å²) in [5, 5.41) is 65.1. The standard InChI is InChI=1S/C26H40O3.2C25H39NO3.C24H38O3.C23H37NO3/c1-3-5-6-7-8-9-10-11-12-13-14-15-16-17-18-19-20-21-22-23-26(28)29-24-25(27)4-2;1-2-3-4-5-6-7-8-9-10-11-12-13-14-15-16-17-18-19-20-21-25(28)29-23-24(26)22-27;1-2-3-4-5-6-7-8-9-10-11-12-13-14-15-16-17-18-19-20-21-25(29)26-22-24(28)23-27;1-2-3-4-5-6-7-8-9-10-11-12-13-14-15-16-17-18-19-23(26)20-21-24(27)22-25;1-2-3-4-5-6-7-8-9-10-11-12-13-14-15-16-17-18-19-23(26)27-21-22(24)20-25/h5-6,8-9,11-12,14-15,17-18,20-21,25,27H,3-4,7,10,13,16,19,22-24H2,1-2H3;3-4,6-7,9-10,12-13,15-16,18-19,24,27H,2,5,8,11,14,17,20-23,26H2,1H3;3-4,6-7,9-10,12-13,15-16,18-19,24,27-28H,2,5,8,11,14,17,20-23H2,1H3,(H,26,29);3-4,6-7,9-10,12-13,15-16,24-25,27H,2,5,8,11,14,17-22H2,1H3;3-4,6-7,9-10,12-13,15-16,22,25H,2,5,8,11,14,17-21,24H2,1H3/b6-5-,9-8-,12-11-,15-14-,18-17-,21-20-;2*4-3-,7-6-,10-9-,13-12-,16-15-,19-18-;2*4-3-,7-6-,10-9-,13-12-,16-15-. The van der Waals surface area contributed by atoms with Gasteiger partial charge in [0.15, 0.2) is 0 Å². The molecular formula is C123H193N3O15. The van der Waals surface area contributed by atoms with Gasteiger partial charge in [0.1, 0.15) is 25.6 Å². The molecule has 0 saturated carbocycles. The fourth-order valence-electron chi connectivity index (χ4n) is 11.0. The van der Waals surface area contributed by atoms with Crippen LogP contribution in [0.2, 0.25) is 0 Å². The van der Waals surface area contributed by atoms with Crippen LogP contribution in [0.5, 0.6) is 0 Å². The van der Waals surface area contributed by atoms with Crippen molar-refractivity contribution in [2.24, 2.45) is 11.5 Å². The number of aliphatic hydroxyl groups is 7. The second-order valence-corrected chi connectivity index (χ2v) is 32.6. The molecule has 5 unspecified atom stereocenters. The zero-order valence-electron chi connectivity index (χ0n) is 87.8. The highest BCUT2D eigenvalue weighted by atomic mass is 16.5. The van der Waals surface area contributed by atoms with Crippen LogP contribution < -0.4 is 16.8 Å². The number of unbranched alkanes of at least 4 members (excludes halogenated alkanes) is 2. The van der Waals surface area contributed by atoms with Gasteiger partial charge in [-0.2, -0.15) is 0 Å². The third-order valence-electron chi connectivity index (χ3n) is 19.3. The van der Waals surface area contributed by atoms with Crippen molar-refractivity contribution in [3.05, 3.63) is 340 Å². The summed E-state index contributed by atoms with van der Waals surface area (Å²) in [6.45, 7) is 12.0. The maximum absolute atomic E-state index is 11.6. The van der Waals surface area contributed by atoms with Gasteiger partial charge in [-0.15, -0.1) is 0 Å². The Kier molecular flexibility index (Phi) is 125. The van der Waals surface area contributed by atoms with Gasteiger partial charge in [-0.05, 0) is 238 Å². The summed E-state index contributed by atoms with van der Waals surface area (Å²) in [6.07, 6.45) is 155. The van der Waals surface area contributed by atoms with Crippen molar-refractivity contribution in [1.29, 1.82) is 0 Å². The van der Waals surface area contributed by atoms with Crippen molar-refractivity contribution in [3.63, 3.8) is 0 Å². The number of ketones is 1. The van der Waals surface area contributed by atoms with E-state index < -0.39 is 30.4 Å². The Morgan fingerprint density at radius 2 is 0.440 bits per heavy atom. The van der Waals surface area contributed by atoms with E-state index in [1.165, 1.54) is 0 Å². The Bertz CT molecular complexity index is 3420. The first kappa shape index (κ1) is 139. The molecule has 18 nitrogen and oxygen atoms in total. The highest BCUT2D eigenvalue weighted by molar-refractivity contribution is 5.78. The molecule has 0 fully saturated rings. The summed E-state index contributed by atoms with van der Waals surface area (Å²) in [7, 11) is 0. The predicted molar refractivity (Wildman–Crippen MR) is 602 cm³/mol. The lowest BCUT2D eigenvalue weighted by Crippen LogP contribution is -2.33. The van der Waals surface area contributed by atoms with E-state index in [0.717, 1.165) is 205 Å². The van der Waals surface area contributed by atoms with E-state index in [1.54, 1.807) is 0 Å². The molecule has 0 aromatic heterocycles. The maximum Gasteiger partial charge on any atom is 0.306 e. The SMILES string of the molecule is CC/C=C\C/C=C\C/C=C\C/C=C\C/C=C\C/C=C\CCC(=O)NCC(O)CO.CC/C=C\C/C=C\C/C=C\C/C=C\C/C=C\C/C=C\CCC(=O)OCC(N)CO.CC/C=C\C/C=C\C/C=C\C/C=C\C/C=C\C/C=C\CCC(=O)OCC(O)CC.CC/C=C\C/C=C\C/C=C\C/C=C\C/C=C\CCCC(=O)CCC(O)CO.CC/C=C\C/C=C\C/C=C\C/C=C\C/C=C\CCCC(=O)OCC(N)CO. The van der Waals surface area contributed by atoms with Gasteiger partial charge in [0, 0.05) is 45.1 Å². The minimum atomic E-state index is -0.884. The molecule has 0 aliphatic rings. The van der Waals surface area contributed by atoms with Gasteiger partial charge in [-0.3, -0.25) is 24.0 Å². The molecule has 0 radical (unpaired) electrons. The van der Waals surface area contributed by atoms with E-state index >= 15 is 0 Å². The number of esters is 3. The van der Waals surface area contributed by atoms with E-state index in [9.17, 15) is 34.2 Å². The first-order chi connectivity index (χ1) is 69.0. The van der Waals surface area contributed by atoms with E-state index in [1.807, 2.05) is 37.3 Å². The fourth-order valence-corrected chi connectivity index (χ4v) is 11.0. The van der Waals surface area contributed by atoms with Crippen LogP contribution in [0, 0.1) is 0 Å². The van der Waals surface area contributed by atoms with Crippen molar-refractivity contribution in [3.8, 4) is 0 Å². The highest BCUT2D eigenvalue weighted by Gasteiger charge is 2.10. The molecule has 0 aromatic rings. The highest BCUT2D eigenvalue weighted by Crippen LogP contribution is 2.10. The van der Waals surface area contributed by atoms with Crippen molar-refractivity contribution < 1.29 is 73.9 Å². The molecule has 0 rings (SSSR count). The van der Waals surface area contributed by atoms with Gasteiger partial charge in [-0.1, -0.05) is 382 Å². The lowest BCUT2D eigenvalue weighted by Gasteiger charge is -2.08. The largest absolute Gasteiger partial charge is 0.464 e. The molecule has 5 atom stereocenters. The molecular weight excluding hydrogens is 1760 g/mol. The van der Waals surface area contributed by atoms with Crippen LogP contribution in [-0.2, 0) is 38.2 Å². The Morgan fingerprint density at radius 3 is 0.667 bits per heavy atom. The number of ether oxygens (including phenoxy) is 3. The Morgan fingerprint density at radius 1 is 0.234 bits per heavy atom. The summed E-state index contributed by atoms with van der Waals surface area (Å²) in [6, 6.07) is -0.982. The Labute approximate surface area is 856 Å². The van der Waals surface area contributed by atoms with Crippen LogP contribution in [0.1, 0.15) is 318 Å². The number of hydrogen-bond acceptors (Lipinski definition) is 17. The Balaban J connectivity index is -0.000000547. The molecule has 0 aliphatic carbocycles. The Hall–Kier alpha value is -10.1. The van der Waals surface area contributed by atoms with Crippen LogP contribution in [0.3, 0.4) is 0 Å². The molecule has 0 aromatic carbocycles. The minimum Gasteiger partial charge on any atom is -0.464 e. The molecule has 0 spiro atoms. The lowest BCUT2D eigenvalue weighted by molar-refractivity contribution is -0.147. The van der Waals surface area contributed by atoms with Crippen molar-refractivity contribution in [2.75, 3.05) is 52.8 Å². The van der Waals surface area contributed by atoms with Gasteiger partial charge in [0.2, 0.25) is 5.91 Å². The van der Waals surface area contributed by atoms with E-state index in [0.29, 0.717) is 70.6 Å². The van der Waals surface area contributed by atoms with Gasteiger partial charge in [-0.25, -0.2) is 0 Å². The lowest BCUT2D eigenvalue weighted by atomic mass is 10.1. The van der Waals surface area contributed by atoms with Crippen molar-refractivity contribution in [1.82, 2.24) is 5.32 Å². The molecule has 0 aliphatic heterocycles. The van der Waals surface area contributed by atoms with Gasteiger partial charge in [0.25, 0.3) is 0 Å². The summed E-state index contributed by atoms with van der Waals surface area (Å²) in [5.74, 6) is -0.747. The zero-order chi connectivity index (χ0) is 104. The number of hydrogen-bond donors (Lipinski definition) is 10. The van der Waals surface area contributed by atoms with Crippen LogP contribution >= 0.6 is 0 Å². The maximum atomic E-state index is 11.6. The number of amides is 1. The van der Waals surface area contributed by atoms with Crippen LogP contribution in [0.25, 0.3) is 0 Å². The molecule has 12 N–H and O–H groups in total. The average Bonchev–Trinajstić information content (AvgIpc) is 1.03. The van der Waals surface area contributed by atoms with Crippen LogP contribution in [0.15, 0.2) is 340 Å². The number of carbonyl (C=O) groups is 5. The predicted octanol–water partition coefficient (Wildman–Crippen LogP) is 27.4. The van der Waals surface area contributed by atoms with E-state index in [-0.39, 0.29) is 82.4 Å². The molecule has 18 heteroatoms. The summed E-state index contributed by atoms with van der Waals surface area (Å²) < 4.78 is 14.9. The van der Waals surface area contributed by atoms with Gasteiger partial charge in [0.05, 0.1) is 56.8 Å². The van der Waals surface area contributed by atoms with E-state index in [4.69, 9.17) is 51.2 Å². The number of aliphatic hydroxyl groups excluding tert-OH is 7. The summed E-state index contributed by atoms with van der Waals surface area (Å²) in [5.41, 5.74) is 10.9. The summed E-state index contributed by atoms with van der Waals surface area (Å²) >= 11 is 0. The first-order valence-corrected chi connectivity index (χ1v) is 52.5. The van der Waals surface area contributed by atoms with Crippen LogP contribution in [0.4, 0.5) is 0 Å². The second kappa shape index (κ2) is 126. The average molecular weight is 1950 g/mol. The van der Waals surface area contributed by atoms with Gasteiger partial charge < -0.3 is 66.7 Å². The fraction of sp³-hybridized carbons (Fsp3) is 0.504. The number of allylic oxidation sites excluding steroid dienone is 56. The summed E-state index contributed by atoms with van der Waals surface area (Å²) in [4.78, 5) is 57.3. The first-order valence-electron chi connectivity index (χ1n) is 52.5. The third-order valence-corrected chi connectivity index (χ3v) is 19.3. The quantitative estimate of drug-likeness (QED) is 0.0117. The van der Waals surface area contributed by atoms with Gasteiger partial charge >= 0.3 is 17.9 Å². The topological polar surface area (TPSA) is 319 Å². The molecule has 790 valence electrons. The molecule has 141 heavy (non-hydrogen) atoms. The normalized spacial score (nSPS) is 13.9. The van der Waals surface area contributed by atoms with Crippen molar-refractivity contribution >= 4 is 29.6 Å². The monoisotopic (exact) mass is 1950 g/mol. The smallest absolute Gasteiger partial charge is 0.306 e. The second-order valence-electron chi connectivity index (χ2n) is 32.6. The molecule has 1 amide bonds. The molecule has 0 heterocycles. The number of carbonyl (C=O) groups excluding carboxylic acids is 5. The zero-order valence-corrected chi connectivity index (χ0v) is 87.8. The molecule has 0 saturated heterocycles. The van der Waals surface area contributed by atoms with E-state index in [2.05, 4.69) is 350 Å². The third kappa shape index (κ3) is 134. The number of rotatable bonds is 84. The number of Topliss-reactive ketones (excluding diaryl/α,β-unsaturated/α-hetero) is 1. The molecule has 0 bridgehead atoms. The number of nitrogens with one attached hydrogen (secondary N) is 1. The minimum absolute atomic E-state index is 0.0685. The van der Waals surface area contributed by atoms with Crippen molar-refractivity contribution in [2.45, 2.75) is 348 Å². The van der Waals surface area contributed by atoms with Crippen LogP contribution in [-0.4, -0.2) is 149 Å².